The highest BCUT2D eigenvalue weighted by molar-refractivity contribution is 5.87. The van der Waals surface area contributed by atoms with Gasteiger partial charge in [-0.15, -0.1) is 0 Å². The first-order chi connectivity index (χ1) is 14.6. The average molecular weight is 407 g/mol. The summed E-state index contributed by atoms with van der Waals surface area (Å²) in [5, 5.41) is 5.05. The number of rotatable bonds is 9. The van der Waals surface area contributed by atoms with Crippen molar-refractivity contribution in [2.75, 3.05) is 19.8 Å². The van der Waals surface area contributed by atoms with E-state index in [-0.39, 0.29) is 25.2 Å². The Morgan fingerprint density at radius 3 is 2.30 bits per heavy atom. The summed E-state index contributed by atoms with van der Waals surface area (Å²) < 4.78 is 15.9. The van der Waals surface area contributed by atoms with E-state index in [4.69, 9.17) is 14.2 Å². The lowest BCUT2D eigenvalue weighted by Gasteiger charge is -2.17. The summed E-state index contributed by atoms with van der Waals surface area (Å²) in [6.07, 6.45) is 0. The molecule has 3 aromatic carbocycles. The molecule has 0 aromatic heterocycles. The highest BCUT2D eigenvalue weighted by atomic mass is 16.6. The van der Waals surface area contributed by atoms with Crippen molar-refractivity contribution >= 4 is 22.6 Å². The van der Waals surface area contributed by atoms with Crippen molar-refractivity contribution in [3.63, 3.8) is 0 Å². The summed E-state index contributed by atoms with van der Waals surface area (Å²) in [5.74, 6) is -0.00690. The van der Waals surface area contributed by atoms with Gasteiger partial charge < -0.3 is 19.5 Å². The van der Waals surface area contributed by atoms with Gasteiger partial charge in [0.1, 0.15) is 0 Å². The van der Waals surface area contributed by atoms with Crippen LogP contribution in [0.3, 0.4) is 0 Å². The van der Waals surface area contributed by atoms with Gasteiger partial charge in [-0.2, -0.15) is 0 Å². The first-order valence-electron chi connectivity index (χ1n) is 9.85. The lowest BCUT2D eigenvalue weighted by molar-refractivity contribution is -0.150. The smallest absolute Gasteiger partial charge is 0.344 e. The van der Waals surface area contributed by atoms with Crippen molar-refractivity contribution in [2.45, 2.75) is 19.9 Å². The lowest BCUT2D eigenvalue weighted by Crippen LogP contribution is -2.32. The van der Waals surface area contributed by atoms with Crippen LogP contribution < -0.4 is 14.8 Å². The van der Waals surface area contributed by atoms with E-state index in [2.05, 4.69) is 5.32 Å². The van der Waals surface area contributed by atoms with Gasteiger partial charge in [-0.25, -0.2) is 4.79 Å². The molecular formula is C24H25NO5. The van der Waals surface area contributed by atoms with Crippen LogP contribution >= 0.6 is 0 Å². The lowest BCUT2D eigenvalue weighted by atomic mass is 10.00. The van der Waals surface area contributed by atoms with E-state index < -0.39 is 5.97 Å². The highest BCUT2D eigenvalue weighted by Gasteiger charge is 2.14. The van der Waals surface area contributed by atoms with Crippen LogP contribution in [0.25, 0.3) is 10.8 Å². The molecule has 0 aliphatic rings. The molecule has 1 atom stereocenters. The Balaban J connectivity index is 1.49. The molecule has 6 heteroatoms. The van der Waals surface area contributed by atoms with Gasteiger partial charge in [-0.05, 0) is 42.3 Å². The molecule has 0 heterocycles. The number of hydrogen-bond acceptors (Lipinski definition) is 5. The Morgan fingerprint density at radius 2 is 1.53 bits per heavy atom. The molecule has 0 aliphatic heterocycles. The molecule has 1 N–H and O–H groups in total. The van der Waals surface area contributed by atoms with Crippen LogP contribution in [0.1, 0.15) is 25.5 Å². The third kappa shape index (κ3) is 5.50. The zero-order chi connectivity index (χ0) is 21.3. The molecular weight excluding hydrogens is 382 g/mol. The summed E-state index contributed by atoms with van der Waals surface area (Å²) in [6, 6.07) is 20.8. The van der Waals surface area contributed by atoms with Crippen molar-refractivity contribution in [3.05, 3.63) is 72.3 Å². The minimum Gasteiger partial charge on any atom is -0.490 e. The molecule has 0 unspecified atom stereocenters. The summed E-state index contributed by atoms with van der Waals surface area (Å²) in [6.45, 7) is 3.57. The van der Waals surface area contributed by atoms with Crippen molar-refractivity contribution < 1.29 is 23.8 Å². The maximum atomic E-state index is 12.2. The molecule has 0 spiro atoms. The third-order valence-electron chi connectivity index (χ3n) is 4.53. The van der Waals surface area contributed by atoms with Gasteiger partial charge in [-0.1, -0.05) is 54.6 Å². The topological polar surface area (TPSA) is 73.9 Å². The Kier molecular flexibility index (Phi) is 7.27. The molecule has 0 saturated carbocycles. The van der Waals surface area contributed by atoms with Gasteiger partial charge in [0.05, 0.1) is 12.6 Å². The van der Waals surface area contributed by atoms with Crippen LogP contribution in [0, 0.1) is 0 Å². The summed E-state index contributed by atoms with van der Waals surface area (Å²) in [7, 11) is 0. The molecule has 3 aromatic rings. The minimum absolute atomic E-state index is 0.225. The second-order valence-electron chi connectivity index (χ2n) is 6.69. The predicted octanol–water partition coefficient (Wildman–Crippen LogP) is 4.04. The molecule has 156 valence electrons. The standard InChI is InChI=1S/C24H25NO5/c1-3-28-21-13-6-7-14-22(21)29-16-24(27)30-15-23(26)25-17(2)19-12-8-10-18-9-4-5-11-20(18)19/h4-14,17H,3,15-16H2,1-2H3,(H,25,26)/t17-/m0/s1. The Hall–Kier alpha value is -3.54. The molecule has 0 fully saturated rings. The van der Waals surface area contributed by atoms with E-state index in [1.165, 1.54) is 0 Å². The summed E-state index contributed by atoms with van der Waals surface area (Å²) in [5.41, 5.74) is 1.00. The van der Waals surface area contributed by atoms with Crippen LogP contribution in [-0.2, 0) is 14.3 Å². The fraction of sp³-hybridized carbons (Fsp3) is 0.250. The van der Waals surface area contributed by atoms with Gasteiger partial charge in [0, 0.05) is 0 Å². The van der Waals surface area contributed by atoms with Crippen LogP contribution in [0.2, 0.25) is 0 Å². The number of carbonyl (C=O) groups is 2. The average Bonchev–Trinajstić information content (AvgIpc) is 2.77. The van der Waals surface area contributed by atoms with E-state index in [9.17, 15) is 9.59 Å². The van der Waals surface area contributed by atoms with Crippen molar-refractivity contribution in [3.8, 4) is 11.5 Å². The largest absolute Gasteiger partial charge is 0.490 e. The number of fused-ring (bicyclic) bond motifs is 1. The van der Waals surface area contributed by atoms with Gasteiger partial charge in [0.15, 0.2) is 24.7 Å². The zero-order valence-corrected chi connectivity index (χ0v) is 17.1. The number of esters is 1. The molecule has 1 amide bonds. The van der Waals surface area contributed by atoms with E-state index in [1.807, 2.05) is 62.4 Å². The number of hydrogen-bond donors (Lipinski definition) is 1. The maximum Gasteiger partial charge on any atom is 0.344 e. The highest BCUT2D eigenvalue weighted by Crippen LogP contribution is 2.26. The fourth-order valence-corrected chi connectivity index (χ4v) is 3.16. The summed E-state index contributed by atoms with van der Waals surface area (Å²) in [4.78, 5) is 24.2. The van der Waals surface area contributed by atoms with Crippen molar-refractivity contribution in [2.24, 2.45) is 0 Å². The number of benzene rings is 3. The monoisotopic (exact) mass is 407 g/mol. The number of nitrogens with one attached hydrogen (secondary N) is 1. The molecule has 6 nitrogen and oxygen atoms in total. The summed E-state index contributed by atoms with van der Waals surface area (Å²) >= 11 is 0. The SMILES string of the molecule is CCOc1ccccc1OCC(=O)OCC(=O)N[C@@H](C)c1cccc2ccccc12. The first-order valence-corrected chi connectivity index (χ1v) is 9.85. The van der Waals surface area contributed by atoms with Crippen LogP contribution in [0.5, 0.6) is 11.5 Å². The van der Waals surface area contributed by atoms with Crippen molar-refractivity contribution in [1.29, 1.82) is 0 Å². The molecule has 0 saturated heterocycles. The molecule has 0 aliphatic carbocycles. The van der Waals surface area contributed by atoms with Gasteiger partial charge in [0.2, 0.25) is 0 Å². The van der Waals surface area contributed by atoms with Crippen molar-refractivity contribution in [1.82, 2.24) is 5.32 Å². The number of ether oxygens (including phenoxy) is 3. The molecule has 3 rings (SSSR count). The molecule has 0 bridgehead atoms. The Labute approximate surface area is 175 Å². The number of carbonyl (C=O) groups excluding carboxylic acids is 2. The number of para-hydroxylation sites is 2. The van der Waals surface area contributed by atoms with E-state index in [0.717, 1.165) is 16.3 Å². The van der Waals surface area contributed by atoms with Gasteiger partial charge >= 0.3 is 5.97 Å². The van der Waals surface area contributed by atoms with E-state index in [0.29, 0.717) is 18.1 Å². The third-order valence-corrected chi connectivity index (χ3v) is 4.53. The van der Waals surface area contributed by atoms with Crippen LogP contribution in [-0.4, -0.2) is 31.7 Å². The van der Waals surface area contributed by atoms with Gasteiger partial charge in [-0.3, -0.25) is 4.79 Å². The van der Waals surface area contributed by atoms with E-state index >= 15 is 0 Å². The predicted molar refractivity (Wildman–Crippen MR) is 115 cm³/mol. The zero-order valence-electron chi connectivity index (χ0n) is 17.1. The number of amides is 1. The Bertz CT molecular complexity index is 1010. The van der Waals surface area contributed by atoms with Gasteiger partial charge in [0.25, 0.3) is 5.91 Å². The van der Waals surface area contributed by atoms with Crippen LogP contribution in [0.15, 0.2) is 66.7 Å². The Morgan fingerprint density at radius 1 is 0.867 bits per heavy atom. The maximum absolute atomic E-state index is 12.2. The molecule has 0 radical (unpaired) electrons. The van der Waals surface area contributed by atoms with E-state index in [1.54, 1.807) is 18.2 Å². The fourth-order valence-electron chi connectivity index (χ4n) is 3.16. The first kappa shape index (κ1) is 21.2. The normalized spacial score (nSPS) is 11.5. The molecule has 30 heavy (non-hydrogen) atoms. The second kappa shape index (κ2) is 10.3. The second-order valence-corrected chi connectivity index (χ2v) is 6.69. The van der Waals surface area contributed by atoms with Crippen LogP contribution in [0.4, 0.5) is 0 Å². The minimum atomic E-state index is -0.630. The quantitative estimate of drug-likeness (QED) is 0.542.